The van der Waals surface area contributed by atoms with Crippen LogP contribution in [0.15, 0.2) is 23.4 Å². The van der Waals surface area contributed by atoms with Crippen molar-refractivity contribution in [1.82, 2.24) is 9.88 Å². The number of hydrogen-bond donors (Lipinski definition) is 1. The van der Waals surface area contributed by atoms with Crippen LogP contribution in [0.1, 0.15) is 48.9 Å². The van der Waals surface area contributed by atoms with Crippen molar-refractivity contribution in [1.29, 1.82) is 0 Å². The Labute approximate surface area is 129 Å². The first-order valence-electron chi connectivity index (χ1n) is 7.83. The number of rotatable bonds is 3. The second-order valence-electron chi connectivity index (χ2n) is 5.90. The van der Waals surface area contributed by atoms with Crippen LogP contribution < -0.4 is 0 Å². The Bertz CT molecular complexity index is 495. The van der Waals surface area contributed by atoms with Gasteiger partial charge in [0.05, 0.1) is 11.7 Å². The molecule has 21 heavy (non-hydrogen) atoms. The van der Waals surface area contributed by atoms with Gasteiger partial charge in [-0.3, -0.25) is 4.79 Å². The lowest BCUT2D eigenvalue weighted by Gasteiger charge is -2.30. The van der Waals surface area contributed by atoms with Crippen molar-refractivity contribution < 1.29 is 9.90 Å². The Balaban J connectivity index is 1.73. The van der Waals surface area contributed by atoms with Gasteiger partial charge >= 0.3 is 0 Å². The fourth-order valence-corrected chi connectivity index (χ4v) is 4.34. The monoisotopic (exact) mass is 306 g/mol. The molecule has 3 rings (SSSR count). The fraction of sp³-hybridized carbons (Fsp3) is 0.625. The third kappa shape index (κ3) is 3.58. The van der Waals surface area contributed by atoms with E-state index in [2.05, 4.69) is 4.98 Å². The number of aliphatic hydroxyl groups is 1. The first-order valence-corrected chi connectivity index (χ1v) is 8.71. The number of aromatic nitrogens is 1. The lowest BCUT2D eigenvalue weighted by Crippen LogP contribution is -2.40. The van der Waals surface area contributed by atoms with Crippen LogP contribution in [0.3, 0.4) is 0 Å². The van der Waals surface area contributed by atoms with Gasteiger partial charge in [-0.1, -0.05) is 12.8 Å². The van der Waals surface area contributed by atoms with Gasteiger partial charge < -0.3 is 10.0 Å². The summed E-state index contributed by atoms with van der Waals surface area (Å²) in [7, 11) is 0. The van der Waals surface area contributed by atoms with Crippen LogP contribution in [0.25, 0.3) is 0 Å². The van der Waals surface area contributed by atoms with Crippen LogP contribution in [0.2, 0.25) is 0 Å². The number of carbonyl (C=O) groups is 1. The molecule has 1 N–H and O–H groups in total. The van der Waals surface area contributed by atoms with Gasteiger partial charge in [0.15, 0.2) is 0 Å². The second kappa shape index (κ2) is 6.79. The van der Waals surface area contributed by atoms with Crippen LogP contribution in [0.5, 0.6) is 0 Å². The number of likely N-dealkylation sites (tertiary alicyclic amines) is 1. The number of thioether (sulfide) groups is 1. The average molecular weight is 306 g/mol. The van der Waals surface area contributed by atoms with E-state index in [4.69, 9.17) is 0 Å². The number of pyridine rings is 1. The highest BCUT2D eigenvalue weighted by Gasteiger charge is 2.26. The van der Waals surface area contributed by atoms with Gasteiger partial charge in [-0.05, 0) is 37.8 Å². The minimum Gasteiger partial charge on any atom is -0.393 e. The van der Waals surface area contributed by atoms with E-state index in [0.29, 0.717) is 31.2 Å². The summed E-state index contributed by atoms with van der Waals surface area (Å²) in [5, 5.41) is 11.1. The molecule has 2 fully saturated rings. The Hall–Kier alpha value is -1.07. The second-order valence-corrected chi connectivity index (χ2v) is 7.19. The summed E-state index contributed by atoms with van der Waals surface area (Å²) in [6.07, 6.45) is 7.91. The Kier molecular flexibility index (Phi) is 4.80. The molecule has 0 atom stereocenters. The molecule has 0 bridgehead atoms. The van der Waals surface area contributed by atoms with Crippen molar-refractivity contribution in [2.45, 2.75) is 54.9 Å². The molecule has 1 saturated carbocycles. The largest absolute Gasteiger partial charge is 0.393 e. The van der Waals surface area contributed by atoms with E-state index in [1.807, 2.05) is 17.0 Å². The minimum atomic E-state index is -0.254. The standard InChI is InChI=1S/C16H22N2O2S/c19-12-7-10-18(11-8-12)16(20)14-6-3-9-17-15(14)21-13-4-1-2-5-13/h3,6,9,12-13,19H,1-2,4-5,7-8,10-11H2. The number of piperidine rings is 1. The highest BCUT2D eigenvalue weighted by atomic mass is 32.2. The van der Waals surface area contributed by atoms with Crippen LogP contribution in [-0.4, -0.2) is 45.3 Å². The Morgan fingerprint density at radius 1 is 1.24 bits per heavy atom. The van der Waals surface area contributed by atoms with Crippen molar-refractivity contribution in [2.75, 3.05) is 13.1 Å². The molecule has 5 heteroatoms. The number of carbonyl (C=O) groups excluding carboxylic acids is 1. The Morgan fingerprint density at radius 3 is 2.67 bits per heavy atom. The summed E-state index contributed by atoms with van der Waals surface area (Å²) < 4.78 is 0. The molecule has 0 unspecified atom stereocenters. The highest BCUT2D eigenvalue weighted by molar-refractivity contribution is 7.99. The zero-order chi connectivity index (χ0) is 14.7. The molecule has 2 aliphatic rings. The van der Waals surface area contributed by atoms with Crippen LogP contribution in [0.4, 0.5) is 0 Å². The van der Waals surface area contributed by atoms with E-state index in [1.165, 1.54) is 25.7 Å². The molecule has 1 aliphatic heterocycles. The topological polar surface area (TPSA) is 53.4 Å². The molecule has 0 aromatic carbocycles. The molecule has 2 heterocycles. The molecule has 1 aliphatic carbocycles. The summed E-state index contributed by atoms with van der Waals surface area (Å²) in [6, 6.07) is 3.72. The van der Waals surface area contributed by atoms with Crippen molar-refractivity contribution in [3.63, 3.8) is 0 Å². The highest BCUT2D eigenvalue weighted by Crippen LogP contribution is 2.35. The van der Waals surface area contributed by atoms with Crippen molar-refractivity contribution in [3.8, 4) is 0 Å². The van der Waals surface area contributed by atoms with E-state index in [9.17, 15) is 9.90 Å². The normalized spacial score (nSPS) is 20.9. The third-order valence-electron chi connectivity index (χ3n) is 4.33. The zero-order valence-corrected chi connectivity index (χ0v) is 13.0. The molecular formula is C16H22N2O2S. The maximum atomic E-state index is 12.7. The maximum Gasteiger partial charge on any atom is 0.256 e. The molecule has 4 nitrogen and oxygen atoms in total. The van der Waals surface area contributed by atoms with Gasteiger partial charge in [-0.25, -0.2) is 4.98 Å². The zero-order valence-electron chi connectivity index (χ0n) is 12.2. The van der Waals surface area contributed by atoms with E-state index < -0.39 is 0 Å². The Morgan fingerprint density at radius 2 is 1.95 bits per heavy atom. The van der Waals surface area contributed by atoms with Gasteiger partial charge in [0.25, 0.3) is 5.91 Å². The molecule has 114 valence electrons. The third-order valence-corrected chi connectivity index (χ3v) is 5.69. The number of aliphatic hydroxyl groups excluding tert-OH is 1. The van der Waals surface area contributed by atoms with Crippen LogP contribution in [-0.2, 0) is 0 Å². The summed E-state index contributed by atoms with van der Waals surface area (Å²) in [4.78, 5) is 19.0. The van der Waals surface area contributed by atoms with Crippen LogP contribution in [0, 0.1) is 0 Å². The average Bonchev–Trinajstić information content (AvgIpc) is 3.01. The summed E-state index contributed by atoms with van der Waals surface area (Å²) >= 11 is 1.76. The predicted molar refractivity (Wildman–Crippen MR) is 83.5 cm³/mol. The molecular weight excluding hydrogens is 284 g/mol. The molecule has 1 aromatic rings. The number of hydrogen-bond acceptors (Lipinski definition) is 4. The van der Waals surface area contributed by atoms with E-state index >= 15 is 0 Å². The molecule has 0 radical (unpaired) electrons. The summed E-state index contributed by atoms with van der Waals surface area (Å²) in [6.45, 7) is 1.28. The SMILES string of the molecule is O=C(c1cccnc1SC1CCCC1)N1CCC(O)CC1. The predicted octanol–water partition coefficient (Wildman–Crippen LogP) is 2.71. The van der Waals surface area contributed by atoms with Gasteiger partial charge in [0.1, 0.15) is 5.03 Å². The molecule has 1 saturated heterocycles. The van der Waals surface area contributed by atoms with E-state index in [1.54, 1.807) is 18.0 Å². The van der Waals surface area contributed by atoms with Gasteiger partial charge in [0, 0.05) is 24.5 Å². The lowest BCUT2D eigenvalue weighted by atomic mass is 10.1. The number of amides is 1. The maximum absolute atomic E-state index is 12.7. The quantitative estimate of drug-likeness (QED) is 0.933. The van der Waals surface area contributed by atoms with Crippen molar-refractivity contribution in [3.05, 3.63) is 23.9 Å². The molecule has 1 amide bonds. The van der Waals surface area contributed by atoms with Gasteiger partial charge in [-0.2, -0.15) is 0 Å². The van der Waals surface area contributed by atoms with Crippen molar-refractivity contribution in [2.24, 2.45) is 0 Å². The first kappa shape index (κ1) is 14.9. The fourth-order valence-electron chi connectivity index (χ4n) is 3.05. The first-order chi connectivity index (χ1) is 10.2. The van der Waals surface area contributed by atoms with Gasteiger partial charge in [0.2, 0.25) is 0 Å². The molecule has 0 spiro atoms. The summed E-state index contributed by atoms with van der Waals surface area (Å²) in [5.41, 5.74) is 0.728. The smallest absolute Gasteiger partial charge is 0.256 e. The lowest BCUT2D eigenvalue weighted by molar-refractivity contribution is 0.0543. The van der Waals surface area contributed by atoms with Crippen molar-refractivity contribution >= 4 is 17.7 Å². The summed E-state index contributed by atoms with van der Waals surface area (Å²) in [5.74, 6) is 0.0653. The number of nitrogens with zero attached hydrogens (tertiary/aromatic N) is 2. The van der Waals surface area contributed by atoms with Gasteiger partial charge in [-0.15, -0.1) is 11.8 Å². The minimum absolute atomic E-state index is 0.0653. The van der Waals surface area contributed by atoms with E-state index in [-0.39, 0.29) is 12.0 Å². The van der Waals surface area contributed by atoms with E-state index in [0.717, 1.165) is 10.6 Å². The molecule has 1 aromatic heterocycles. The van der Waals surface area contributed by atoms with Crippen LogP contribution >= 0.6 is 11.8 Å².